The Balaban J connectivity index is 0.00000338. The van der Waals surface area contributed by atoms with Gasteiger partial charge in [-0.05, 0) is 37.8 Å². The molecule has 2 rings (SSSR count). The minimum Gasteiger partial charge on any atom is -0.469 e. The number of likely N-dealkylation sites (tertiary alicyclic amines) is 1. The van der Waals surface area contributed by atoms with Crippen LogP contribution in [0.1, 0.15) is 39.4 Å². The van der Waals surface area contributed by atoms with Crippen molar-refractivity contribution in [1.29, 1.82) is 0 Å². The number of hydrogen-bond acceptors (Lipinski definition) is 4. The van der Waals surface area contributed by atoms with Gasteiger partial charge in [-0.1, -0.05) is 13.8 Å². The summed E-state index contributed by atoms with van der Waals surface area (Å²) in [7, 11) is 0. The maximum Gasteiger partial charge on any atom is 0.310 e. The van der Waals surface area contributed by atoms with Gasteiger partial charge in [-0.15, -0.1) is 24.0 Å². The van der Waals surface area contributed by atoms with Crippen LogP contribution < -0.4 is 5.32 Å². The molecule has 0 spiro atoms. The summed E-state index contributed by atoms with van der Waals surface area (Å²) in [5, 5.41) is 3.44. The fourth-order valence-electron chi connectivity index (χ4n) is 2.91. The molecule has 1 aliphatic heterocycles. The largest absolute Gasteiger partial charge is 0.469 e. The Morgan fingerprint density at radius 3 is 2.96 bits per heavy atom. The van der Waals surface area contributed by atoms with Gasteiger partial charge in [-0.2, -0.15) is 0 Å². The number of guanidine groups is 1. The number of nitrogens with one attached hydrogen (secondary N) is 1. The molecule has 0 aromatic carbocycles. The number of piperidine rings is 1. The third-order valence-electron chi connectivity index (χ3n) is 4.18. The van der Waals surface area contributed by atoms with Crippen molar-refractivity contribution in [3.8, 4) is 0 Å². The van der Waals surface area contributed by atoms with Crippen molar-refractivity contribution in [2.75, 3.05) is 32.8 Å². The molecule has 2 heterocycles. The standard InChI is InChI=1S/C19H31N3O3.HI/c1-4-24-18(23)16-7-5-11-22(14-16)19(21-13-15(2)3)20-10-9-17-8-6-12-25-17;/h6,8,12,15-16H,4-5,7,9-11,13-14H2,1-3H3,(H,20,21);1H. The zero-order valence-corrected chi connectivity index (χ0v) is 18.4. The molecule has 0 aliphatic carbocycles. The number of rotatable bonds is 7. The van der Waals surface area contributed by atoms with E-state index < -0.39 is 0 Å². The predicted octanol–water partition coefficient (Wildman–Crippen LogP) is 3.32. The first kappa shape index (κ1) is 22.8. The number of ether oxygens (including phenoxy) is 1. The smallest absolute Gasteiger partial charge is 0.310 e. The third kappa shape index (κ3) is 7.55. The van der Waals surface area contributed by atoms with E-state index >= 15 is 0 Å². The van der Waals surface area contributed by atoms with Gasteiger partial charge in [0.25, 0.3) is 0 Å². The molecule has 1 atom stereocenters. The number of nitrogens with zero attached hydrogens (tertiary/aromatic N) is 2. The Kier molecular flexibility index (Phi) is 10.7. The fraction of sp³-hybridized carbons (Fsp3) is 0.684. The SMILES string of the molecule is CCOC(=O)C1CCCN(C(=NCC(C)C)NCCc2ccco2)C1.I. The van der Waals surface area contributed by atoms with Crippen molar-refractivity contribution in [2.24, 2.45) is 16.8 Å². The maximum absolute atomic E-state index is 12.1. The Morgan fingerprint density at radius 1 is 1.50 bits per heavy atom. The van der Waals surface area contributed by atoms with Gasteiger partial charge >= 0.3 is 5.97 Å². The molecule has 0 radical (unpaired) electrons. The lowest BCUT2D eigenvalue weighted by Crippen LogP contribution is -2.48. The number of furan rings is 1. The van der Waals surface area contributed by atoms with E-state index in [2.05, 4.69) is 24.1 Å². The molecule has 1 unspecified atom stereocenters. The molecule has 1 N–H and O–H groups in total. The van der Waals surface area contributed by atoms with Crippen molar-refractivity contribution in [3.63, 3.8) is 0 Å². The number of hydrogen-bond donors (Lipinski definition) is 1. The van der Waals surface area contributed by atoms with Crippen molar-refractivity contribution < 1.29 is 13.9 Å². The average Bonchev–Trinajstić information content (AvgIpc) is 3.11. The van der Waals surface area contributed by atoms with E-state index in [0.717, 1.165) is 50.6 Å². The molecule has 1 fully saturated rings. The summed E-state index contributed by atoms with van der Waals surface area (Å²) in [5.74, 6) is 2.18. The molecule has 1 aromatic heterocycles. The van der Waals surface area contributed by atoms with Crippen molar-refractivity contribution in [2.45, 2.75) is 40.0 Å². The zero-order chi connectivity index (χ0) is 18.1. The highest BCUT2D eigenvalue weighted by Gasteiger charge is 2.28. The molecular weight excluding hydrogens is 445 g/mol. The van der Waals surface area contributed by atoms with E-state index in [-0.39, 0.29) is 35.9 Å². The summed E-state index contributed by atoms with van der Waals surface area (Å²) in [6.07, 6.45) is 4.36. The first-order valence-corrected chi connectivity index (χ1v) is 9.32. The molecule has 0 bridgehead atoms. The van der Waals surface area contributed by atoms with E-state index in [1.165, 1.54) is 0 Å². The molecule has 6 nitrogen and oxygen atoms in total. The van der Waals surface area contributed by atoms with Gasteiger partial charge in [-0.25, -0.2) is 0 Å². The van der Waals surface area contributed by atoms with Crippen molar-refractivity contribution in [3.05, 3.63) is 24.2 Å². The predicted molar refractivity (Wildman–Crippen MR) is 114 cm³/mol. The average molecular weight is 477 g/mol. The topological polar surface area (TPSA) is 67.1 Å². The highest BCUT2D eigenvalue weighted by atomic mass is 127. The number of halogens is 1. The molecule has 26 heavy (non-hydrogen) atoms. The summed E-state index contributed by atoms with van der Waals surface area (Å²) in [6.45, 7) is 9.71. The van der Waals surface area contributed by atoms with Crippen LogP contribution in [-0.2, 0) is 16.0 Å². The first-order chi connectivity index (χ1) is 12.1. The molecule has 7 heteroatoms. The summed E-state index contributed by atoms with van der Waals surface area (Å²) in [4.78, 5) is 19.0. The summed E-state index contributed by atoms with van der Waals surface area (Å²) in [5.41, 5.74) is 0. The van der Waals surface area contributed by atoms with Crippen LogP contribution in [0.2, 0.25) is 0 Å². The van der Waals surface area contributed by atoms with Gasteiger partial charge in [0, 0.05) is 32.6 Å². The van der Waals surface area contributed by atoms with Gasteiger partial charge in [0.15, 0.2) is 5.96 Å². The number of aliphatic imine (C=N–C) groups is 1. The van der Waals surface area contributed by atoms with E-state index in [0.29, 0.717) is 19.1 Å². The minimum atomic E-state index is -0.0917. The number of esters is 1. The Hall–Kier alpha value is -1.25. The van der Waals surface area contributed by atoms with Crippen molar-refractivity contribution in [1.82, 2.24) is 10.2 Å². The zero-order valence-electron chi connectivity index (χ0n) is 16.1. The first-order valence-electron chi connectivity index (χ1n) is 9.32. The monoisotopic (exact) mass is 477 g/mol. The van der Waals surface area contributed by atoms with Crippen LogP contribution in [0.5, 0.6) is 0 Å². The maximum atomic E-state index is 12.1. The van der Waals surface area contributed by atoms with Gasteiger partial charge in [-0.3, -0.25) is 9.79 Å². The van der Waals surface area contributed by atoms with Crippen LogP contribution in [0.3, 0.4) is 0 Å². The van der Waals surface area contributed by atoms with Crippen LogP contribution in [0.15, 0.2) is 27.8 Å². The van der Waals surface area contributed by atoms with Gasteiger partial charge in [0.05, 0.1) is 18.8 Å². The summed E-state index contributed by atoms with van der Waals surface area (Å²) < 4.78 is 10.6. The Morgan fingerprint density at radius 2 is 2.31 bits per heavy atom. The Labute approximate surface area is 173 Å². The quantitative estimate of drug-likeness (QED) is 0.283. The lowest BCUT2D eigenvalue weighted by atomic mass is 9.98. The molecule has 1 aliphatic rings. The number of carbonyl (C=O) groups is 1. The second-order valence-electron chi connectivity index (χ2n) is 6.85. The highest BCUT2D eigenvalue weighted by Crippen LogP contribution is 2.18. The van der Waals surface area contributed by atoms with Crippen LogP contribution in [0, 0.1) is 11.8 Å². The van der Waals surface area contributed by atoms with E-state index in [1.54, 1.807) is 6.26 Å². The van der Waals surface area contributed by atoms with E-state index in [4.69, 9.17) is 14.1 Å². The minimum absolute atomic E-state index is 0. The second kappa shape index (κ2) is 12.2. The summed E-state index contributed by atoms with van der Waals surface area (Å²) in [6, 6.07) is 3.88. The molecule has 148 valence electrons. The molecule has 1 aromatic rings. The third-order valence-corrected chi connectivity index (χ3v) is 4.18. The van der Waals surface area contributed by atoms with Gasteiger partial charge in [0.2, 0.25) is 0 Å². The molecule has 0 amide bonds. The fourth-order valence-corrected chi connectivity index (χ4v) is 2.91. The van der Waals surface area contributed by atoms with E-state index in [1.807, 2.05) is 19.1 Å². The molecule has 0 saturated carbocycles. The van der Waals surface area contributed by atoms with Crippen LogP contribution in [-0.4, -0.2) is 49.6 Å². The van der Waals surface area contributed by atoms with Gasteiger partial charge in [0.1, 0.15) is 5.76 Å². The lowest BCUT2D eigenvalue weighted by molar-refractivity contribution is -0.149. The molecular formula is C19H32IN3O3. The van der Waals surface area contributed by atoms with Crippen LogP contribution in [0.4, 0.5) is 0 Å². The normalized spacial score (nSPS) is 17.8. The summed E-state index contributed by atoms with van der Waals surface area (Å²) >= 11 is 0. The second-order valence-corrected chi connectivity index (χ2v) is 6.85. The molecule has 1 saturated heterocycles. The number of carbonyl (C=O) groups excluding carboxylic acids is 1. The van der Waals surface area contributed by atoms with E-state index in [9.17, 15) is 4.79 Å². The Bertz CT molecular complexity index is 546. The van der Waals surface area contributed by atoms with Gasteiger partial charge < -0.3 is 19.4 Å². The van der Waals surface area contributed by atoms with Crippen molar-refractivity contribution >= 4 is 35.9 Å². The van der Waals surface area contributed by atoms with Crippen LogP contribution in [0.25, 0.3) is 0 Å². The highest BCUT2D eigenvalue weighted by molar-refractivity contribution is 14.0. The lowest BCUT2D eigenvalue weighted by Gasteiger charge is -2.34. The van der Waals surface area contributed by atoms with Crippen LogP contribution >= 0.6 is 24.0 Å².